The van der Waals surface area contributed by atoms with Gasteiger partial charge in [-0.05, 0) is 67.9 Å². The van der Waals surface area contributed by atoms with Gasteiger partial charge in [-0.1, -0.05) is 18.2 Å². The van der Waals surface area contributed by atoms with Crippen molar-refractivity contribution < 1.29 is 17.9 Å². The van der Waals surface area contributed by atoms with Crippen molar-refractivity contribution >= 4 is 33.6 Å². The highest BCUT2D eigenvalue weighted by atomic mass is 32.2. The molecule has 4 rings (SSSR count). The SMILES string of the molecule is O=S(=O)(c1ccc(Nc2ncc(C=Cc3ccc(F)c(O)c3)cn2)cc1)C1CCNCC1. The van der Waals surface area contributed by atoms with E-state index in [9.17, 15) is 17.9 Å². The van der Waals surface area contributed by atoms with Gasteiger partial charge in [-0.15, -0.1) is 0 Å². The highest BCUT2D eigenvalue weighted by Crippen LogP contribution is 2.24. The van der Waals surface area contributed by atoms with Crippen molar-refractivity contribution in [3.8, 4) is 5.75 Å². The maximum Gasteiger partial charge on any atom is 0.227 e. The Kier molecular flexibility index (Phi) is 6.48. The number of hydrogen-bond acceptors (Lipinski definition) is 7. The van der Waals surface area contributed by atoms with E-state index in [1.807, 2.05) is 0 Å². The van der Waals surface area contributed by atoms with Gasteiger partial charge in [-0.3, -0.25) is 0 Å². The minimum absolute atomic E-state index is 0.322. The highest BCUT2D eigenvalue weighted by molar-refractivity contribution is 7.92. The number of phenols is 1. The highest BCUT2D eigenvalue weighted by Gasteiger charge is 2.28. The van der Waals surface area contributed by atoms with Gasteiger partial charge in [0.15, 0.2) is 21.4 Å². The number of aromatic hydroxyl groups is 1. The lowest BCUT2D eigenvalue weighted by Crippen LogP contribution is -2.35. The van der Waals surface area contributed by atoms with Crippen molar-refractivity contribution in [1.29, 1.82) is 0 Å². The van der Waals surface area contributed by atoms with Gasteiger partial charge in [-0.2, -0.15) is 0 Å². The van der Waals surface area contributed by atoms with Gasteiger partial charge in [-0.25, -0.2) is 22.8 Å². The topological polar surface area (TPSA) is 104 Å². The summed E-state index contributed by atoms with van der Waals surface area (Å²) in [7, 11) is -3.33. The van der Waals surface area contributed by atoms with E-state index >= 15 is 0 Å². The molecule has 0 unspecified atom stereocenters. The van der Waals surface area contributed by atoms with Crippen molar-refractivity contribution in [3.63, 3.8) is 0 Å². The van der Waals surface area contributed by atoms with Crippen LogP contribution in [0, 0.1) is 5.82 Å². The number of phenolic OH excluding ortho intramolecular Hbond substituents is 1. The van der Waals surface area contributed by atoms with E-state index in [0.29, 0.717) is 34.9 Å². The summed E-state index contributed by atoms with van der Waals surface area (Å²) in [6.07, 6.45) is 7.94. The maximum atomic E-state index is 13.1. The number of benzene rings is 2. The molecule has 2 heterocycles. The van der Waals surface area contributed by atoms with Crippen LogP contribution in [0.4, 0.5) is 16.0 Å². The Balaban J connectivity index is 1.40. The van der Waals surface area contributed by atoms with E-state index in [2.05, 4.69) is 20.6 Å². The molecular weight excluding hydrogens is 431 g/mol. The summed E-state index contributed by atoms with van der Waals surface area (Å²) in [6.45, 7) is 1.44. The molecule has 1 aliphatic rings. The Morgan fingerprint density at radius 3 is 2.31 bits per heavy atom. The lowest BCUT2D eigenvalue weighted by atomic mass is 10.1. The fraction of sp³-hybridized carbons (Fsp3) is 0.217. The van der Waals surface area contributed by atoms with Crippen LogP contribution in [-0.4, -0.2) is 41.8 Å². The number of aromatic nitrogens is 2. The molecule has 1 saturated heterocycles. The Morgan fingerprint density at radius 1 is 1.00 bits per heavy atom. The summed E-state index contributed by atoms with van der Waals surface area (Å²) in [6, 6.07) is 10.7. The molecule has 1 fully saturated rings. The van der Waals surface area contributed by atoms with E-state index in [0.717, 1.165) is 18.7 Å². The third kappa shape index (κ3) is 5.12. The molecule has 7 nitrogen and oxygen atoms in total. The fourth-order valence-corrected chi connectivity index (χ4v) is 5.23. The van der Waals surface area contributed by atoms with E-state index in [1.54, 1.807) is 54.9 Å². The van der Waals surface area contributed by atoms with Gasteiger partial charge in [0.1, 0.15) is 0 Å². The number of hydrogen-bond donors (Lipinski definition) is 3. The van der Waals surface area contributed by atoms with E-state index < -0.39 is 21.4 Å². The van der Waals surface area contributed by atoms with E-state index in [1.165, 1.54) is 12.1 Å². The molecule has 3 aromatic rings. The molecule has 2 aromatic carbocycles. The van der Waals surface area contributed by atoms with Crippen LogP contribution in [0.15, 0.2) is 59.8 Å². The van der Waals surface area contributed by atoms with Crippen LogP contribution in [0.25, 0.3) is 12.2 Å². The van der Waals surface area contributed by atoms with Crippen LogP contribution < -0.4 is 10.6 Å². The Morgan fingerprint density at radius 2 is 1.66 bits per heavy atom. The van der Waals surface area contributed by atoms with Crippen molar-refractivity contribution in [2.24, 2.45) is 0 Å². The second-order valence-electron chi connectivity index (χ2n) is 7.53. The van der Waals surface area contributed by atoms with E-state index in [-0.39, 0.29) is 5.25 Å². The second-order valence-corrected chi connectivity index (χ2v) is 9.76. The first kappa shape index (κ1) is 21.9. The summed E-state index contributed by atoms with van der Waals surface area (Å²) in [5.74, 6) is -0.703. The van der Waals surface area contributed by atoms with Crippen molar-refractivity contribution in [3.05, 3.63) is 71.8 Å². The predicted octanol–water partition coefficient (Wildman–Crippen LogP) is 3.76. The number of sulfone groups is 1. The second kappa shape index (κ2) is 9.46. The van der Waals surface area contributed by atoms with Gasteiger partial charge in [0.2, 0.25) is 5.95 Å². The number of rotatable bonds is 6. The molecule has 0 aliphatic carbocycles. The van der Waals surface area contributed by atoms with Crippen LogP contribution in [0.2, 0.25) is 0 Å². The lowest BCUT2D eigenvalue weighted by molar-refractivity contribution is 0.432. The van der Waals surface area contributed by atoms with Gasteiger partial charge in [0.25, 0.3) is 0 Å². The summed E-state index contributed by atoms with van der Waals surface area (Å²) in [5, 5.41) is 15.3. The first-order valence-electron chi connectivity index (χ1n) is 10.2. The van der Waals surface area contributed by atoms with Gasteiger partial charge in [0, 0.05) is 23.6 Å². The Bertz CT molecular complexity index is 1210. The standard InChI is InChI=1S/C23H23FN4O3S/c24-21-8-3-16(13-22(21)29)1-2-17-14-26-23(27-15-17)28-18-4-6-19(7-5-18)32(30,31)20-9-11-25-12-10-20/h1-8,13-15,20,25,29H,9-12H2,(H,26,27,28). The summed E-state index contributed by atoms with van der Waals surface area (Å²) < 4.78 is 38.7. The molecule has 0 amide bonds. The van der Waals surface area contributed by atoms with Crippen LogP contribution in [0.3, 0.4) is 0 Å². The largest absolute Gasteiger partial charge is 0.505 e. The monoisotopic (exact) mass is 454 g/mol. The van der Waals surface area contributed by atoms with Crippen LogP contribution in [-0.2, 0) is 9.84 Å². The molecule has 0 spiro atoms. The Hall–Kier alpha value is -3.30. The number of nitrogens with zero attached hydrogens (tertiary/aromatic N) is 2. The zero-order chi connectivity index (χ0) is 22.6. The number of anilines is 2. The molecule has 0 saturated carbocycles. The smallest absolute Gasteiger partial charge is 0.227 e. The summed E-state index contributed by atoms with van der Waals surface area (Å²) in [5.41, 5.74) is 2.05. The minimum atomic E-state index is -3.33. The lowest BCUT2D eigenvalue weighted by Gasteiger charge is -2.22. The molecule has 0 radical (unpaired) electrons. The zero-order valence-electron chi connectivity index (χ0n) is 17.2. The minimum Gasteiger partial charge on any atom is -0.505 e. The van der Waals surface area contributed by atoms with Crippen molar-refractivity contribution in [2.75, 3.05) is 18.4 Å². The Labute approximate surface area is 186 Å². The summed E-state index contributed by atoms with van der Waals surface area (Å²) in [4.78, 5) is 8.83. The third-order valence-corrected chi connectivity index (χ3v) is 7.55. The first-order chi connectivity index (χ1) is 15.4. The number of nitrogens with one attached hydrogen (secondary N) is 2. The van der Waals surface area contributed by atoms with Gasteiger partial charge >= 0.3 is 0 Å². The van der Waals surface area contributed by atoms with Crippen molar-refractivity contribution in [2.45, 2.75) is 23.0 Å². The molecule has 0 atom stereocenters. The maximum absolute atomic E-state index is 13.1. The number of piperidine rings is 1. The third-order valence-electron chi connectivity index (χ3n) is 5.27. The average Bonchev–Trinajstić information content (AvgIpc) is 2.82. The van der Waals surface area contributed by atoms with Crippen LogP contribution >= 0.6 is 0 Å². The number of halogens is 1. The molecule has 32 heavy (non-hydrogen) atoms. The molecular formula is C23H23FN4O3S. The van der Waals surface area contributed by atoms with Crippen LogP contribution in [0.5, 0.6) is 5.75 Å². The average molecular weight is 455 g/mol. The van der Waals surface area contributed by atoms with Crippen molar-refractivity contribution in [1.82, 2.24) is 15.3 Å². The molecule has 3 N–H and O–H groups in total. The molecule has 9 heteroatoms. The van der Waals surface area contributed by atoms with E-state index in [4.69, 9.17) is 0 Å². The molecule has 0 bridgehead atoms. The van der Waals surface area contributed by atoms with Gasteiger partial charge in [0.05, 0.1) is 10.1 Å². The van der Waals surface area contributed by atoms with Gasteiger partial charge < -0.3 is 15.7 Å². The fourth-order valence-electron chi connectivity index (χ4n) is 3.47. The quantitative estimate of drug-likeness (QED) is 0.521. The summed E-state index contributed by atoms with van der Waals surface area (Å²) >= 11 is 0. The normalized spacial score (nSPS) is 15.2. The predicted molar refractivity (Wildman–Crippen MR) is 122 cm³/mol. The molecule has 1 aliphatic heterocycles. The molecule has 1 aromatic heterocycles. The zero-order valence-corrected chi connectivity index (χ0v) is 18.0. The van der Waals surface area contributed by atoms with Crippen LogP contribution in [0.1, 0.15) is 24.0 Å². The first-order valence-corrected chi connectivity index (χ1v) is 11.8. The molecule has 166 valence electrons.